The van der Waals surface area contributed by atoms with Gasteiger partial charge in [-0.05, 0) is 30.5 Å². The lowest BCUT2D eigenvalue weighted by Gasteiger charge is -2.28. The van der Waals surface area contributed by atoms with Gasteiger partial charge in [-0.15, -0.1) is 0 Å². The van der Waals surface area contributed by atoms with E-state index in [1.165, 1.54) is 0 Å². The number of aromatic amines is 1. The van der Waals surface area contributed by atoms with Crippen LogP contribution in [0.5, 0.6) is 0 Å². The van der Waals surface area contributed by atoms with Gasteiger partial charge < -0.3 is 10.1 Å². The molecular weight excluding hydrogens is 296 g/mol. The monoisotopic (exact) mass is 314 g/mol. The largest absolute Gasteiger partial charge is 0.381 e. The van der Waals surface area contributed by atoms with Crippen LogP contribution in [-0.2, 0) is 9.53 Å². The van der Waals surface area contributed by atoms with E-state index in [2.05, 4.69) is 15.4 Å². The van der Waals surface area contributed by atoms with Crippen molar-refractivity contribution in [2.75, 3.05) is 18.5 Å². The summed E-state index contributed by atoms with van der Waals surface area (Å²) >= 11 is 0. The van der Waals surface area contributed by atoms with Gasteiger partial charge in [0, 0.05) is 37.9 Å². The Morgan fingerprint density at radius 1 is 1.17 bits per heavy atom. The van der Waals surface area contributed by atoms with Crippen LogP contribution in [0.1, 0.15) is 42.3 Å². The number of nitrogens with zero attached hydrogens (tertiary/aromatic N) is 2. The van der Waals surface area contributed by atoms with Crippen molar-refractivity contribution in [3.05, 3.63) is 46.0 Å². The Hall–Kier alpha value is -2.41. The summed E-state index contributed by atoms with van der Waals surface area (Å²) < 4.78 is 7.21. The number of anilines is 1. The van der Waals surface area contributed by atoms with E-state index in [9.17, 15) is 9.59 Å². The molecule has 7 heteroatoms. The minimum Gasteiger partial charge on any atom is -0.381 e. The number of carbonyl (C=O) groups is 1. The van der Waals surface area contributed by atoms with Crippen LogP contribution in [0.3, 0.4) is 0 Å². The fourth-order valence-electron chi connectivity index (χ4n) is 3.48. The van der Waals surface area contributed by atoms with Crippen molar-refractivity contribution in [2.24, 2.45) is 0 Å². The first-order chi connectivity index (χ1) is 11.2. The van der Waals surface area contributed by atoms with Crippen LogP contribution in [-0.4, -0.2) is 33.9 Å². The molecule has 120 valence electrons. The molecule has 4 heterocycles. The minimum atomic E-state index is -0.230. The second-order valence-electron chi connectivity index (χ2n) is 6.00. The highest BCUT2D eigenvalue weighted by atomic mass is 16.5. The highest BCUT2D eigenvalue weighted by Crippen LogP contribution is 2.36. The molecule has 2 N–H and O–H groups in total. The van der Waals surface area contributed by atoms with E-state index in [1.807, 2.05) is 16.8 Å². The fraction of sp³-hybridized carbons (Fsp3) is 0.438. The van der Waals surface area contributed by atoms with Gasteiger partial charge in [-0.2, -0.15) is 0 Å². The van der Waals surface area contributed by atoms with Crippen LogP contribution < -0.4 is 10.9 Å². The predicted molar refractivity (Wildman–Crippen MR) is 83.5 cm³/mol. The Morgan fingerprint density at radius 3 is 2.65 bits per heavy atom. The second-order valence-corrected chi connectivity index (χ2v) is 6.00. The average Bonchev–Trinajstić information content (AvgIpc) is 2.92. The lowest BCUT2D eigenvalue weighted by molar-refractivity contribution is -0.116. The summed E-state index contributed by atoms with van der Waals surface area (Å²) in [5.41, 5.74) is 1.45. The zero-order valence-electron chi connectivity index (χ0n) is 12.6. The van der Waals surface area contributed by atoms with Crippen LogP contribution in [0.4, 0.5) is 5.82 Å². The number of ether oxygens (including phenoxy) is 1. The molecule has 1 saturated heterocycles. The number of carbonyl (C=O) groups excluding carboxylic acids is 1. The molecule has 0 radical (unpaired) electrons. The molecule has 1 amide bonds. The number of amides is 1. The minimum absolute atomic E-state index is 0.0703. The fourth-order valence-corrected chi connectivity index (χ4v) is 3.48. The van der Waals surface area contributed by atoms with Gasteiger partial charge in [0.15, 0.2) is 0 Å². The first-order valence-electron chi connectivity index (χ1n) is 7.86. The van der Waals surface area contributed by atoms with E-state index in [0.717, 1.165) is 18.4 Å². The molecule has 1 fully saturated rings. The summed E-state index contributed by atoms with van der Waals surface area (Å²) in [5, 5.41) is 5.80. The maximum atomic E-state index is 12.5. The first-order valence-corrected chi connectivity index (χ1v) is 7.86. The Balaban J connectivity index is 1.80. The molecule has 1 atom stereocenters. The topological polar surface area (TPSA) is 89.0 Å². The maximum absolute atomic E-state index is 12.5. The SMILES string of the molecule is O=C1CC(c2ccncc2)c2c(n(C3CCOCC3)[nH]c2=O)N1. The molecular formula is C16H18N4O3. The van der Waals surface area contributed by atoms with Gasteiger partial charge in [0.2, 0.25) is 5.91 Å². The molecule has 2 aromatic heterocycles. The molecule has 0 aliphatic carbocycles. The van der Waals surface area contributed by atoms with E-state index in [4.69, 9.17) is 4.74 Å². The van der Waals surface area contributed by atoms with Crippen molar-refractivity contribution < 1.29 is 9.53 Å². The summed E-state index contributed by atoms with van der Waals surface area (Å²) in [6.45, 7) is 1.34. The van der Waals surface area contributed by atoms with Crippen LogP contribution in [0.25, 0.3) is 0 Å². The molecule has 0 aromatic carbocycles. The molecule has 2 aliphatic rings. The lowest BCUT2D eigenvalue weighted by atomic mass is 9.88. The number of hydrogen-bond donors (Lipinski definition) is 2. The number of rotatable bonds is 2. The number of H-pyrrole nitrogens is 1. The van der Waals surface area contributed by atoms with Crippen molar-refractivity contribution in [3.8, 4) is 0 Å². The van der Waals surface area contributed by atoms with Crippen molar-refractivity contribution in [1.29, 1.82) is 0 Å². The van der Waals surface area contributed by atoms with Crippen molar-refractivity contribution in [2.45, 2.75) is 31.2 Å². The average molecular weight is 314 g/mol. The molecule has 0 spiro atoms. The second kappa shape index (κ2) is 5.66. The molecule has 7 nitrogen and oxygen atoms in total. The van der Waals surface area contributed by atoms with Crippen molar-refractivity contribution in [1.82, 2.24) is 14.8 Å². The van der Waals surface area contributed by atoms with E-state index < -0.39 is 0 Å². The lowest BCUT2D eigenvalue weighted by Crippen LogP contribution is -2.28. The summed E-state index contributed by atoms with van der Waals surface area (Å²) in [6, 6.07) is 3.87. The zero-order chi connectivity index (χ0) is 15.8. The maximum Gasteiger partial charge on any atom is 0.270 e. The highest BCUT2D eigenvalue weighted by Gasteiger charge is 2.34. The summed E-state index contributed by atoms with van der Waals surface area (Å²) in [7, 11) is 0. The normalized spacial score (nSPS) is 21.7. The standard InChI is InChI=1S/C16H18N4O3/c21-13-9-12(10-1-5-17-6-2-10)14-15(18-13)20(19-16(14)22)11-3-7-23-8-4-11/h1-2,5-6,11-12H,3-4,7-9H2,(H,18,21)(H,19,22). The van der Waals surface area contributed by atoms with Gasteiger partial charge in [0.25, 0.3) is 5.56 Å². The van der Waals surface area contributed by atoms with Gasteiger partial charge in [-0.1, -0.05) is 0 Å². The van der Waals surface area contributed by atoms with Crippen molar-refractivity contribution >= 4 is 11.7 Å². The Bertz CT molecular complexity index is 774. The van der Waals surface area contributed by atoms with E-state index >= 15 is 0 Å². The summed E-state index contributed by atoms with van der Waals surface area (Å²) in [6.07, 6.45) is 5.30. The number of hydrogen-bond acceptors (Lipinski definition) is 4. The number of pyridine rings is 1. The Kier molecular flexibility index (Phi) is 3.49. The van der Waals surface area contributed by atoms with E-state index in [0.29, 0.717) is 24.6 Å². The number of aromatic nitrogens is 3. The predicted octanol–water partition coefficient (Wildman–Crippen LogP) is 1.40. The summed E-state index contributed by atoms with van der Waals surface area (Å²) in [4.78, 5) is 28.7. The third kappa shape index (κ3) is 2.46. The zero-order valence-corrected chi connectivity index (χ0v) is 12.6. The highest BCUT2D eigenvalue weighted by molar-refractivity contribution is 5.94. The molecule has 1 unspecified atom stereocenters. The molecule has 23 heavy (non-hydrogen) atoms. The molecule has 2 aliphatic heterocycles. The van der Waals surface area contributed by atoms with Crippen molar-refractivity contribution in [3.63, 3.8) is 0 Å². The molecule has 4 rings (SSSR count). The molecule has 2 aromatic rings. The van der Waals surface area contributed by atoms with Crippen LogP contribution in [0.2, 0.25) is 0 Å². The first kappa shape index (κ1) is 14.2. The molecule has 0 saturated carbocycles. The summed E-state index contributed by atoms with van der Waals surface area (Å²) in [5.74, 6) is 0.311. The van der Waals surface area contributed by atoms with Crippen LogP contribution >= 0.6 is 0 Å². The number of fused-ring (bicyclic) bond motifs is 1. The third-order valence-corrected chi connectivity index (χ3v) is 4.62. The van der Waals surface area contributed by atoms with Gasteiger partial charge in [-0.25, -0.2) is 0 Å². The van der Waals surface area contributed by atoms with Gasteiger partial charge >= 0.3 is 0 Å². The van der Waals surface area contributed by atoms with Gasteiger partial charge in [0.05, 0.1) is 11.6 Å². The smallest absolute Gasteiger partial charge is 0.270 e. The quantitative estimate of drug-likeness (QED) is 0.877. The van der Waals surface area contributed by atoms with E-state index in [-0.39, 0.29) is 29.8 Å². The molecule has 0 bridgehead atoms. The van der Waals surface area contributed by atoms with E-state index in [1.54, 1.807) is 12.4 Å². The van der Waals surface area contributed by atoms with Gasteiger partial charge in [-0.3, -0.25) is 24.4 Å². The van der Waals surface area contributed by atoms with Crippen LogP contribution in [0, 0.1) is 0 Å². The van der Waals surface area contributed by atoms with Crippen LogP contribution in [0.15, 0.2) is 29.3 Å². The third-order valence-electron chi connectivity index (χ3n) is 4.62. The Morgan fingerprint density at radius 2 is 1.91 bits per heavy atom. The van der Waals surface area contributed by atoms with Gasteiger partial charge in [0.1, 0.15) is 5.82 Å². The number of nitrogens with one attached hydrogen (secondary N) is 2. The Labute approximate surface area is 132 Å².